The maximum Gasteiger partial charge on any atom is 0.271 e. The summed E-state index contributed by atoms with van der Waals surface area (Å²) in [5, 5.41) is 1.90. The van der Waals surface area contributed by atoms with E-state index in [0.29, 0.717) is 6.54 Å². The van der Waals surface area contributed by atoms with Crippen LogP contribution in [0.4, 0.5) is 0 Å². The molecule has 0 aliphatic carbocycles. The molecule has 0 N–H and O–H groups in total. The monoisotopic (exact) mass is 274 g/mol. The van der Waals surface area contributed by atoms with Crippen molar-refractivity contribution >= 4 is 21.6 Å². The van der Waals surface area contributed by atoms with E-state index in [1.807, 2.05) is 24.6 Å². The lowest BCUT2D eigenvalue weighted by Gasteiger charge is -2.07. The van der Waals surface area contributed by atoms with Gasteiger partial charge in [0.1, 0.15) is 10.5 Å². The van der Waals surface area contributed by atoms with Crippen molar-refractivity contribution in [3.05, 3.63) is 46.3 Å². The molecule has 0 aliphatic heterocycles. The van der Waals surface area contributed by atoms with E-state index in [1.54, 1.807) is 17.1 Å². The molecule has 5 nitrogen and oxygen atoms in total. The van der Waals surface area contributed by atoms with E-state index < -0.39 is 0 Å². The summed E-state index contributed by atoms with van der Waals surface area (Å²) in [5.41, 5.74) is 0.846. The van der Waals surface area contributed by atoms with Gasteiger partial charge in [0.05, 0.1) is 11.8 Å². The van der Waals surface area contributed by atoms with Crippen LogP contribution in [0, 0.1) is 6.92 Å². The first-order valence-corrected chi connectivity index (χ1v) is 7.04. The number of thiophene rings is 1. The molecule has 0 bridgehead atoms. The predicted octanol–water partition coefficient (Wildman–Crippen LogP) is 2.05. The number of hydrogen-bond acceptors (Lipinski definition) is 4. The van der Waals surface area contributed by atoms with E-state index in [9.17, 15) is 4.79 Å². The van der Waals surface area contributed by atoms with Crippen molar-refractivity contribution in [3.8, 4) is 0 Å². The summed E-state index contributed by atoms with van der Waals surface area (Å²) < 4.78 is 4.51. The molecule has 0 radical (unpaired) electrons. The minimum Gasteiger partial charge on any atom is -0.335 e. The molecule has 3 aromatic rings. The SMILES string of the molecule is Cc1nccn1CCCn1cnc2ccsc2c1=O. The molecule has 0 saturated carbocycles. The second-order valence-electron chi connectivity index (χ2n) is 4.40. The average Bonchev–Trinajstić information content (AvgIpc) is 3.02. The fourth-order valence-electron chi connectivity index (χ4n) is 2.09. The first kappa shape index (κ1) is 12.1. The molecule has 0 aliphatic rings. The normalized spacial score (nSPS) is 11.2. The van der Waals surface area contributed by atoms with Gasteiger partial charge < -0.3 is 4.57 Å². The van der Waals surface area contributed by atoms with Gasteiger partial charge in [-0.1, -0.05) is 0 Å². The molecule has 0 aromatic carbocycles. The molecular formula is C13H14N4OS. The lowest BCUT2D eigenvalue weighted by molar-refractivity contribution is 0.543. The highest BCUT2D eigenvalue weighted by Gasteiger charge is 2.05. The van der Waals surface area contributed by atoms with Crippen molar-refractivity contribution in [2.45, 2.75) is 26.4 Å². The number of hydrogen-bond donors (Lipinski definition) is 0. The van der Waals surface area contributed by atoms with Gasteiger partial charge in [0.2, 0.25) is 0 Å². The molecule has 0 spiro atoms. The Balaban J connectivity index is 1.73. The number of fused-ring (bicyclic) bond motifs is 1. The lowest BCUT2D eigenvalue weighted by atomic mass is 10.4. The zero-order valence-electron chi connectivity index (χ0n) is 10.6. The third-order valence-electron chi connectivity index (χ3n) is 3.16. The van der Waals surface area contributed by atoms with Gasteiger partial charge in [-0.25, -0.2) is 9.97 Å². The number of imidazole rings is 1. The van der Waals surface area contributed by atoms with E-state index in [2.05, 4.69) is 14.5 Å². The fraction of sp³-hybridized carbons (Fsp3) is 0.308. The topological polar surface area (TPSA) is 52.7 Å². The molecular weight excluding hydrogens is 260 g/mol. The molecule has 3 rings (SSSR count). The number of nitrogens with zero attached hydrogens (tertiary/aromatic N) is 4. The third-order valence-corrected chi connectivity index (χ3v) is 4.05. The van der Waals surface area contributed by atoms with Gasteiger partial charge in [0.25, 0.3) is 5.56 Å². The van der Waals surface area contributed by atoms with Crippen LogP contribution in [0.1, 0.15) is 12.2 Å². The highest BCUT2D eigenvalue weighted by Crippen LogP contribution is 2.13. The average molecular weight is 274 g/mol. The summed E-state index contributed by atoms with van der Waals surface area (Å²) in [6.07, 6.45) is 6.27. The summed E-state index contributed by atoms with van der Waals surface area (Å²) in [6, 6.07) is 1.88. The Morgan fingerprint density at radius 1 is 1.26 bits per heavy atom. The Morgan fingerprint density at radius 2 is 2.11 bits per heavy atom. The quantitative estimate of drug-likeness (QED) is 0.731. The summed E-state index contributed by atoms with van der Waals surface area (Å²) in [7, 11) is 0. The molecule has 6 heteroatoms. The van der Waals surface area contributed by atoms with Crippen molar-refractivity contribution in [2.24, 2.45) is 0 Å². The highest BCUT2D eigenvalue weighted by molar-refractivity contribution is 7.17. The van der Waals surface area contributed by atoms with Crippen LogP contribution in [-0.4, -0.2) is 19.1 Å². The van der Waals surface area contributed by atoms with Crippen molar-refractivity contribution in [1.29, 1.82) is 0 Å². The largest absolute Gasteiger partial charge is 0.335 e. The van der Waals surface area contributed by atoms with Crippen LogP contribution in [-0.2, 0) is 13.1 Å². The fourth-order valence-corrected chi connectivity index (χ4v) is 2.88. The van der Waals surface area contributed by atoms with Gasteiger partial charge in [-0.15, -0.1) is 11.3 Å². The summed E-state index contributed by atoms with van der Waals surface area (Å²) in [5.74, 6) is 0.999. The first-order chi connectivity index (χ1) is 9.25. The van der Waals surface area contributed by atoms with Crippen LogP contribution in [0.15, 0.2) is 35.0 Å². The molecule has 0 atom stereocenters. The van der Waals surface area contributed by atoms with Crippen molar-refractivity contribution < 1.29 is 0 Å². The van der Waals surface area contributed by atoms with Gasteiger partial charge in [0.15, 0.2) is 0 Å². The highest BCUT2D eigenvalue weighted by atomic mass is 32.1. The molecule has 0 unspecified atom stereocenters. The molecule has 3 heterocycles. The second-order valence-corrected chi connectivity index (χ2v) is 5.32. The van der Waals surface area contributed by atoms with E-state index >= 15 is 0 Å². The Labute approximate surface area is 114 Å². The van der Waals surface area contributed by atoms with E-state index in [1.165, 1.54) is 11.3 Å². The standard InChI is InChI=1S/C13H14N4OS/c1-10-14-4-7-16(10)5-2-6-17-9-15-11-3-8-19-12(11)13(17)18/h3-4,7-9H,2,5-6H2,1H3. The van der Waals surface area contributed by atoms with Crippen LogP contribution in [0.2, 0.25) is 0 Å². The zero-order valence-corrected chi connectivity index (χ0v) is 11.4. The summed E-state index contributed by atoms with van der Waals surface area (Å²) >= 11 is 1.45. The van der Waals surface area contributed by atoms with Crippen LogP contribution < -0.4 is 5.56 Å². The zero-order chi connectivity index (χ0) is 13.2. The smallest absolute Gasteiger partial charge is 0.271 e. The Morgan fingerprint density at radius 3 is 2.89 bits per heavy atom. The van der Waals surface area contributed by atoms with Crippen molar-refractivity contribution in [1.82, 2.24) is 19.1 Å². The Kier molecular flexibility index (Phi) is 3.16. The van der Waals surface area contributed by atoms with Crippen LogP contribution >= 0.6 is 11.3 Å². The maximum atomic E-state index is 12.2. The lowest BCUT2D eigenvalue weighted by Crippen LogP contribution is -2.20. The molecule has 3 aromatic heterocycles. The molecule has 98 valence electrons. The number of aryl methyl sites for hydroxylation is 3. The van der Waals surface area contributed by atoms with Crippen molar-refractivity contribution in [2.75, 3.05) is 0 Å². The van der Waals surface area contributed by atoms with Gasteiger partial charge in [-0.2, -0.15) is 0 Å². The minimum absolute atomic E-state index is 0.0577. The molecule has 19 heavy (non-hydrogen) atoms. The Bertz CT molecular complexity index is 755. The van der Waals surface area contributed by atoms with Crippen LogP contribution in [0.3, 0.4) is 0 Å². The van der Waals surface area contributed by atoms with Gasteiger partial charge in [-0.05, 0) is 24.8 Å². The van der Waals surface area contributed by atoms with Gasteiger partial charge in [-0.3, -0.25) is 9.36 Å². The van der Waals surface area contributed by atoms with Crippen LogP contribution in [0.5, 0.6) is 0 Å². The van der Waals surface area contributed by atoms with Gasteiger partial charge >= 0.3 is 0 Å². The Hall–Kier alpha value is -1.95. The van der Waals surface area contributed by atoms with E-state index in [0.717, 1.165) is 29.0 Å². The molecule has 0 fully saturated rings. The molecule has 0 saturated heterocycles. The van der Waals surface area contributed by atoms with E-state index in [4.69, 9.17) is 0 Å². The van der Waals surface area contributed by atoms with Crippen LogP contribution in [0.25, 0.3) is 10.2 Å². The van der Waals surface area contributed by atoms with Crippen molar-refractivity contribution in [3.63, 3.8) is 0 Å². The minimum atomic E-state index is 0.0577. The molecule has 0 amide bonds. The predicted molar refractivity (Wildman–Crippen MR) is 75.5 cm³/mol. The van der Waals surface area contributed by atoms with E-state index in [-0.39, 0.29) is 5.56 Å². The second kappa shape index (κ2) is 4.97. The first-order valence-electron chi connectivity index (χ1n) is 6.16. The number of aromatic nitrogens is 4. The summed E-state index contributed by atoms with van der Waals surface area (Å²) in [4.78, 5) is 20.6. The summed E-state index contributed by atoms with van der Waals surface area (Å²) in [6.45, 7) is 3.52. The number of rotatable bonds is 4. The van der Waals surface area contributed by atoms with Gasteiger partial charge in [0, 0.05) is 25.5 Å². The maximum absolute atomic E-state index is 12.2. The third kappa shape index (κ3) is 2.31.